The van der Waals surface area contributed by atoms with Gasteiger partial charge in [0, 0.05) is 16.8 Å². The van der Waals surface area contributed by atoms with E-state index in [4.69, 9.17) is 23.2 Å². The maximum atomic E-state index is 14.3. The number of nitrogens with zero attached hydrogens (tertiary/aromatic N) is 1. The molecule has 0 aromatic heterocycles. The van der Waals surface area contributed by atoms with Crippen molar-refractivity contribution in [2.45, 2.75) is 38.5 Å². The maximum absolute atomic E-state index is 14.3. The minimum absolute atomic E-state index is 0.158. The van der Waals surface area contributed by atoms with Crippen LogP contribution in [-0.4, -0.2) is 47.6 Å². The lowest BCUT2D eigenvalue weighted by molar-refractivity contribution is -0.192. The van der Waals surface area contributed by atoms with Crippen molar-refractivity contribution in [2.24, 2.45) is 0 Å². The number of amides is 2. The van der Waals surface area contributed by atoms with Gasteiger partial charge in [-0.3, -0.25) is 9.59 Å². The second-order valence-corrected chi connectivity index (χ2v) is 7.39. The monoisotopic (exact) mass is 452 g/mol. The molecule has 1 aromatic rings. The van der Waals surface area contributed by atoms with Crippen LogP contribution in [0.4, 0.5) is 13.2 Å². The smallest absolute Gasteiger partial charge is 0.425 e. The van der Waals surface area contributed by atoms with Crippen LogP contribution in [0.2, 0.25) is 10.0 Å². The van der Waals surface area contributed by atoms with Crippen molar-refractivity contribution >= 4 is 41.0 Å². The summed E-state index contributed by atoms with van der Waals surface area (Å²) in [7, 11) is 0.879. The summed E-state index contributed by atoms with van der Waals surface area (Å²) in [5.41, 5.74) is -5.26. The highest BCUT2D eigenvalue weighted by Crippen LogP contribution is 2.46. The van der Waals surface area contributed by atoms with Crippen molar-refractivity contribution in [1.29, 1.82) is 0 Å². The molecule has 2 rings (SSSR count). The third kappa shape index (κ3) is 3.69. The Balaban J connectivity index is 2.72. The Morgan fingerprint density at radius 2 is 1.83 bits per heavy atom. The Labute approximate surface area is 174 Å². The Morgan fingerprint density at radius 1 is 1.24 bits per heavy atom. The molecule has 0 spiro atoms. The minimum atomic E-state index is -5.35. The van der Waals surface area contributed by atoms with Crippen molar-refractivity contribution in [2.75, 3.05) is 7.11 Å². The molecule has 29 heavy (non-hydrogen) atoms. The summed E-state index contributed by atoms with van der Waals surface area (Å²) in [4.78, 5) is 38.7. The summed E-state index contributed by atoms with van der Waals surface area (Å²) < 4.78 is 47.4. The van der Waals surface area contributed by atoms with E-state index in [1.807, 2.05) is 0 Å². The van der Waals surface area contributed by atoms with Gasteiger partial charge < -0.3 is 15.0 Å². The topological polar surface area (TPSA) is 75.7 Å². The SMILES string of the molecule is COC(=O)C1=C(C)N(C(C)C)C(=O)[C@]1(NC(=O)c1ccc(Cl)cc1Cl)C(F)(F)F. The summed E-state index contributed by atoms with van der Waals surface area (Å²) in [6.07, 6.45) is -5.35. The molecule has 0 bridgehead atoms. The lowest BCUT2D eigenvalue weighted by Gasteiger charge is -2.33. The van der Waals surface area contributed by atoms with Crippen LogP contribution < -0.4 is 5.32 Å². The molecule has 6 nitrogen and oxygen atoms in total. The summed E-state index contributed by atoms with van der Waals surface area (Å²) in [6, 6.07) is 2.81. The Kier molecular flexibility index (Phi) is 6.25. The van der Waals surface area contributed by atoms with Crippen LogP contribution in [0.3, 0.4) is 0 Å². The van der Waals surface area contributed by atoms with Gasteiger partial charge in [-0.2, -0.15) is 13.2 Å². The quantitative estimate of drug-likeness (QED) is 0.706. The summed E-state index contributed by atoms with van der Waals surface area (Å²) >= 11 is 11.7. The Hall–Kier alpha value is -2.26. The third-order valence-corrected chi connectivity index (χ3v) is 4.99. The molecule has 0 aliphatic carbocycles. The maximum Gasteiger partial charge on any atom is 0.425 e. The molecule has 1 aromatic carbocycles. The van der Waals surface area contributed by atoms with E-state index in [0.29, 0.717) is 0 Å². The lowest BCUT2D eigenvalue weighted by atomic mass is 9.88. The molecule has 1 atom stereocenters. The average Bonchev–Trinajstić information content (AvgIpc) is 2.81. The van der Waals surface area contributed by atoms with E-state index in [2.05, 4.69) is 4.74 Å². The summed E-state index contributed by atoms with van der Waals surface area (Å²) in [5, 5.41) is 1.63. The number of methoxy groups -OCH3 is 1. The lowest BCUT2D eigenvalue weighted by Crippen LogP contribution is -2.66. The van der Waals surface area contributed by atoms with E-state index in [-0.39, 0.29) is 21.3 Å². The molecule has 2 amide bonds. The molecule has 0 unspecified atom stereocenters. The van der Waals surface area contributed by atoms with Crippen LogP contribution in [0, 0.1) is 0 Å². The molecule has 0 fully saturated rings. The Morgan fingerprint density at radius 3 is 2.28 bits per heavy atom. The summed E-state index contributed by atoms with van der Waals surface area (Å²) in [6.45, 7) is 4.13. The fraction of sp³-hybridized carbons (Fsp3) is 0.389. The van der Waals surface area contributed by atoms with Crippen molar-refractivity contribution < 1.29 is 32.3 Å². The number of rotatable bonds is 4. The fourth-order valence-corrected chi connectivity index (χ4v) is 3.71. The van der Waals surface area contributed by atoms with Crippen molar-refractivity contribution in [3.05, 3.63) is 45.1 Å². The van der Waals surface area contributed by atoms with E-state index < -0.39 is 41.1 Å². The number of hydrogen-bond acceptors (Lipinski definition) is 4. The number of nitrogens with one attached hydrogen (secondary N) is 1. The van der Waals surface area contributed by atoms with Crippen LogP contribution in [-0.2, 0) is 14.3 Å². The zero-order valence-corrected chi connectivity index (χ0v) is 17.3. The van der Waals surface area contributed by atoms with E-state index in [1.165, 1.54) is 26.8 Å². The van der Waals surface area contributed by atoms with Crippen molar-refractivity contribution in [3.8, 4) is 0 Å². The number of halogens is 5. The van der Waals surface area contributed by atoms with Crippen LogP contribution >= 0.6 is 23.2 Å². The van der Waals surface area contributed by atoms with Gasteiger partial charge in [-0.05, 0) is 39.0 Å². The van der Waals surface area contributed by atoms with E-state index in [0.717, 1.165) is 24.1 Å². The predicted octanol–water partition coefficient (Wildman–Crippen LogP) is 3.72. The van der Waals surface area contributed by atoms with Gasteiger partial charge in [-0.15, -0.1) is 0 Å². The van der Waals surface area contributed by atoms with Gasteiger partial charge in [0.2, 0.25) is 0 Å². The van der Waals surface area contributed by atoms with Crippen molar-refractivity contribution in [3.63, 3.8) is 0 Å². The standard InChI is InChI=1S/C18H17Cl2F3N2O4/c1-8(2)25-9(3)13(15(27)29-4)17(16(25)28,18(21,22)23)24-14(26)11-6-5-10(19)7-12(11)20/h5-8H,1-4H3,(H,24,26)/t17-/m0/s1. The highest BCUT2D eigenvalue weighted by Gasteiger charge is 2.71. The molecule has 158 valence electrons. The molecular weight excluding hydrogens is 436 g/mol. The van der Waals surface area contributed by atoms with E-state index in [1.54, 1.807) is 5.32 Å². The number of benzene rings is 1. The zero-order chi connectivity index (χ0) is 22.3. The number of alkyl halides is 3. The molecule has 0 saturated carbocycles. The molecule has 11 heteroatoms. The second-order valence-electron chi connectivity index (χ2n) is 6.55. The first-order valence-electron chi connectivity index (χ1n) is 8.27. The largest absolute Gasteiger partial charge is 0.466 e. The highest BCUT2D eigenvalue weighted by molar-refractivity contribution is 6.36. The molecule has 1 heterocycles. The minimum Gasteiger partial charge on any atom is -0.466 e. The van der Waals surface area contributed by atoms with Gasteiger partial charge in [0.05, 0.1) is 17.7 Å². The highest BCUT2D eigenvalue weighted by atomic mass is 35.5. The van der Waals surface area contributed by atoms with Crippen LogP contribution in [0.25, 0.3) is 0 Å². The van der Waals surface area contributed by atoms with Gasteiger partial charge in [-0.25, -0.2) is 4.79 Å². The number of esters is 1. The van der Waals surface area contributed by atoms with Gasteiger partial charge in [-0.1, -0.05) is 23.2 Å². The number of hydrogen-bond donors (Lipinski definition) is 1. The van der Waals surface area contributed by atoms with Gasteiger partial charge >= 0.3 is 12.1 Å². The fourth-order valence-electron chi connectivity index (χ4n) is 3.22. The van der Waals surface area contributed by atoms with E-state index >= 15 is 0 Å². The normalized spacial score (nSPS) is 19.8. The number of carbonyl (C=O) groups excluding carboxylic acids is 3. The van der Waals surface area contributed by atoms with Gasteiger partial charge in [0.25, 0.3) is 17.4 Å². The molecule has 1 N–H and O–H groups in total. The van der Waals surface area contributed by atoms with Gasteiger partial charge in [0.1, 0.15) is 5.57 Å². The van der Waals surface area contributed by atoms with Gasteiger partial charge in [0.15, 0.2) is 0 Å². The summed E-state index contributed by atoms with van der Waals surface area (Å²) in [5.74, 6) is -4.22. The number of allylic oxidation sites excluding steroid dienone is 1. The van der Waals surface area contributed by atoms with Crippen LogP contribution in [0.1, 0.15) is 31.1 Å². The van der Waals surface area contributed by atoms with Crippen molar-refractivity contribution in [1.82, 2.24) is 10.2 Å². The molecule has 0 saturated heterocycles. The first-order chi connectivity index (χ1) is 13.3. The number of ether oxygens (including phenoxy) is 1. The molecule has 1 aliphatic rings. The first-order valence-corrected chi connectivity index (χ1v) is 9.02. The van der Waals surface area contributed by atoms with Crippen LogP contribution in [0.15, 0.2) is 29.5 Å². The third-order valence-electron chi connectivity index (χ3n) is 4.45. The number of carbonyl (C=O) groups is 3. The zero-order valence-electron chi connectivity index (χ0n) is 15.8. The first kappa shape index (κ1) is 23.0. The molecule has 1 aliphatic heterocycles. The molecular formula is C18H17Cl2F3N2O4. The molecule has 0 radical (unpaired) electrons. The second kappa shape index (κ2) is 7.87. The Bertz CT molecular complexity index is 915. The van der Waals surface area contributed by atoms with E-state index in [9.17, 15) is 27.6 Å². The predicted molar refractivity (Wildman–Crippen MR) is 99.4 cm³/mol. The van der Waals surface area contributed by atoms with Crippen LogP contribution in [0.5, 0.6) is 0 Å². The average molecular weight is 453 g/mol.